The third-order valence-corrected chi connectivity index (χ3v) is 8.79. The number of para-hydroxylation sites is 2. The van der Waals surface area contributed by atoms with Gasteiger partial charge in [-0.05, 0) is 37.1 Å². The average molecular weight is 594 g/mol. The summed E-state index contributed by atoms with van der Waals surface area (Å²) in [5.74, 6) is -2.44. The summed E-state index contributed by atoms with van der Waals surface area (Å²) in [5, 5.41) is 11.4. The topological polar surface area (TPSA) is 84.5 Å². The number of rotatable bonds is 8. The lowest BCUT2D eigenvalue weighted by Gasteiger charge is -2.12. The number of hydrogen-bond donors (Lipinski definition) is 1. The molecule has 222 valence electrons. The minimum absolute atomic E-state index is 0.243. The number of imide groups is 1. The summed E-state index contributed by atoms with van der Waals surface area (Å²) >= 11 is 0. The van der Waals surface area contributed by atoms with Gasteiger partial charge in [0, 0.05) is 57.4 Å². The number of hydrogen-bond acceptors (Lipinski definition) is 3. The predicted octanol–water partition coefficient (Wildman–Crippen LogP) is 6.67. The molecule has 0 unspecified atom stereocenters. The lowest BCUT2D eigenvalue weighted by Crippen LogP contribution is -2.36. The minimum Gasteiger partial charge on any atom is -0.480 e. The molecule has 1 aliphatic heterocycles. The number of nitrogens with zero attached hydrogens (tertiary/aromatic N) is 3. The SMILES string of the molecule is Cc1c(C2=C(c3c(C)n(Cc4ccccc4)c4ccccc34)C(=O)N(CC(=O)O)C2=O)c2ccccc2n1Cc1ccccc1. The van der Waals surface area contributed by atoms with Crippen LogP contribution in [0.25, 0.3) is 33.0 Å². The van der Waals surface area contributed by atoms with Crippen LogP contribution >= 0.6 is 0 Å². The Kier molecular flexibility index (Phi) is 6.93. The molecule has 6 aromatic rings. The standard InChI is InChI=1S/C38H31N3O4/c1-24-33(28-17-9-11-19-30(28)39(24)21-26-13-5-3-6-14-26)35-36(38(45)41(37(35)44)23-32(42)43)34-25(2)40(22-27-15-7-4-8-16-27)31-20-12-10-18-29(31)34/h3-20H,21-23H2,1-2H3,(H,42,43). The van der Waals surface area contributed by atoms with E-state index in [0.29, 0.717) is 24.2 Å². The summed E-state index contributed by atoms with van der Waals surface area (Å²) in [7, 11) is 0. The van der Waals surface area contributed by atoms with Crippen LogP contribution in [0.1, 0.15) is 33.6 Å². The monoisotopic (exact) mass is 593 g/mol. The summed E-state index contributed by atoms with van der Waals surface area (Å²) in [6.45, 7) is 4.37. The van der Waals surface area contributed by atoms with Gasteiger partial charge in [-0.3, -0.25) is 19.3 Å². The number of carbonyl (C=O) groups excluding carboxylic acids is 2. The van der Waals surface area contributed by atoms with Gasteiger partial charge in [-0.25, -0.2) is 0 Å². The number of amides is 2. The molecule has 0 bridgehead atoms. The van der Waals surface area contributed by atoms with Crippen molar-refractivity contribution in [2.45, 2.75) is 26.9 Å². The van der Waals surface area contributed by atoms with Crippen molar-refractivity contribution in [1.29, 1.82) is 0 Å². The van der Waals surface area contributed by atoms with Crippen molar-refractivity contribution in [1.82, 2.24) is 14.0 Å². The molecule has 0 spiro atoms. The average Bonchev–Trinajstić information content (AvgIpc) is 3.57. The Bertz CT molecular complexity index is 2020. The Morgan fingerprint density at radius 1 is 0.578 bits per heavy atom. The van der Waals surface area contributed by atoms with Crippen LogP contribution in [0.3, 0.4) is 0 Å². The maximum absolute atomic E-state index is 14.3. The zero-order valence-electron chi connectivity index (χ0n) is 25.0. The van der Waals surface area contributed by atoms with E-state index in [2.05, 4.69) is 33.4 Å². The van der Waals surface area contributed by atoms with Gasteiger partial charge in [0.25, 0.3) is 11.8 Å². The van der Waals surface area contributed by atoms with Gasteiger partial charge in [-0.2, -0.15) is 0 Å². The Morgan fingerprint density at radius 3 is 1.36 bits per heavy atom. The second-order valence-electron chi connectivity index (χ2n) is 11.4. The molecule has 0 saturated heterocycles. The minimum atomic E-state index is -1.25. The van der Waals surface area contributed by atoms with Gasteiger partial charge >= 0.3 is 5.97 Å². The Labute approximate surface area is 260 Å². The fraction of sp³-hybridized carbons (Fsp3) is 0.132. The fourth-order valence-corrected chi connectivity index (χ4v) is 6.75. The summed E-state index contributed by atoms with van der Waals surface area (Å²) in [5.41, 5.74) is 7.52. The van der Waals surface area contributed by atoms with Crippen molar-refractivity contribution in [3.8, 4) is 0 Å². The van der Waals surface area contributed by atoms with Gasteiger partial charge in [0.05, 0.1) is 11.1 Å². The molecule has 2 amide bonds. The number of aliphatic carboxylic acids is 1. The highest BCUT2D eigenvalue weighted by molar-refractivity contribution is 6.51. The van der Waals surface area contributed by atoms with Crippen LogP contribution < -0.4 is 0 Å². The van der Waals surface area contributed by atoms with Gasteiger partial charge in [-0.15, -0.1) is 0 Å². The molecule has 0 radical (unpaired) electrons. The third kappa shape index (κ3) is 4.64. The van der Waals surface area contributed by atoms with E-state index in [-0.39, 0.29) is 11.1 Å². The second-order valence-corrected chi connectivity index (χ2v) is 11.4. The number of benzene rings is 4. The summed E-state index contributed by atoms with van der Waals surface area (Å²) in [6.07, 6.45) is 0. The van der Waals surface area contributed by atoms with E-state index in [9.17, 15) is 19.5 Å². The first-order chi connectivity index (χ1) is 21.8. The van der Waals surface area contributed by atoms with E-state index in [0.717, 1.165) is 49.2 Å². The zero-order valence-corrected chi connectivity index (χ0v) is 25.0. The molecule has 4 aromatic carbocycles. The molecule has 7 heteroatoms. The van der Waals surface area contributed by atoms with Crippen LogP contribution in [0.4, 0.5) is 0 Å². The molecular formula is C38H31N3O4. The summed E-state index contributed by atoms with van der Waals surface area (Å²) in [6, 6.07) is 35.9. The summed E-state index contributed by atoms with van der Waals surface area (Å²) < 4.78 is 4.32. The first-order valence-electron chi connectivity index (χ1n) is 14.9. The highest BCUT2D eigenvalue weighted by Gasteiger charge is 2.43. The van der Waals surface area contributed by atoms with Crippen molar-refractivity contribution in [2.24, 2.45) is 0 Å². The number of carbonyl (C=O) groups is 3. The Hall–Kier alpha value is -5.69. The first-order valence-corrected chi connectivity index (χ1v) is 14.9. The van der Waals surface area contributed by atoms with Gasteiger partial charge in [0.15, 0.2) is 0 Å². The molecule has 0 saturated carbocycles. The number of carboxylic acids is 1. The van der Waals surface area contributed by atoms with Crippen LogP contribution in [-0.2, 0) is 27.5 Å². The lowest BCUT2D eigenvalue weighted by molar-refractivity contribution is -0.147. The molecule has 2 aromatic heterocycles. The largest absolute Gasteiger partial charge is 0.480 e. The smallest absolute Gasteiger partial charge is 0.323 e. The van der Waals surface area contributed by atoms with E-state index in [4.69, 9.17) is 0 Å². The second kappa shape index (κ2) is 11.1. The highest BCUT2D eigenvalue weighted by atomic mass is 16.4. The summed E-state index contributed by atoms with van der Waals surface area (Å²) in [4.78, 5) is 41.4. The predicted molar refractivity (Wildman–Crippen MR) is 176 cm³/mol. The maximum atomic E-state index is 14.3. The van der Waals surface area contributed by atoms with Crippen LogP contribution in [-0.4, -0.2) is 43.5 Å². The maximum Gasteiger partial charge on any atom is 0.323 e. The van der Waals surface area contributed by atoms with Crippen molar-refractivity contribution < 1.29 is 19.5 Å². The Balaban J connectivity index is 1.52. The molecule has 1 N–H and O–H groups in total. The normalized spacial score (nSPS) is 13.5. The van der Waals surface area contributed by atoms with E-state index in [1.54, 1.807) is 0 Å². The van der Waals surface area contributed by atoms with Gasteiger partial charge in [-0.1, -0.05) is 97.1 Å². The molecule has 3 heterocycles. The number of fused-ring (bicyclic) bond motifs is 2. The molecule has 0 atom stereocenters. The Morgan fingerprint density at radius 2 is 0.956 bits per heavy atom. The van der Waals surface area contributed by atoms with Crippen LogP contribution in [0.15, 0.2) is 109 Å². The molecular weight excluding hydrogens is 562 g/mol. The molecule has 1 aliphatic rings. The molecule has 0 fully saturated rings. The van der Waals surface area contributed by atoms with E-state index in [1.165, 1.54) is 0 Å². The van der Waals surface area contributed by atoms with Crippen molar-refractivity contribution >= 4 is 50.7 Å². The van der Waals surface area contributed by atoms with E-state index < -0.39 is 24.3 Å². The zero-order chi connectivity index (χ0) is 31.2. The quantitative estimate of drug-likeness (QED) is 0.200. The van der Waals surface area contributed by atoms with Crippen molar-refractivity contribution in [3.63, 3.8) is 0 Å². The van der Waals surface area contributed by atoms with Gasteiger partial charge in [0.1, 0.15) is 6.54 Å². The lowest BCUT2D eigenvalue weighted by atomic mass is 9.93. The van der Waals surface area contributed by atoms with Crippen LogP contribution in [0, 0.1) is 13.8 Å². The first kappa shape index (κ1) is 28.1. The van der Waals surface area contributed by atoms with Crippen LogP contribution in [0.5, 0.6) is 0 Å². The fourth-order valence-electron chi connectivity index (χ4n) is 6.75. The van der Waals surface area contributed by atoms with Crippen LogP contribution in [0.2, 0.25) is 0 Å². The molecule has 7 rings (SSSR count). The highest BCUT2D eigenvalue weighted by Crippen LogP contribution is 2.44. The third-order valence-electron chi connectivity index (χ3n) is 8.79. The van der Waals surface area contributed by atoms with E-state index >= 15 is 0 Å². The number of aromatic nitrogens is 2. The molecule has 0 aliphatic carbocycles. The van der Waals surface area contributed by atoms with Crippen molar-refractivity contribution in [3.05, 3.63) is 143 Å². The van der Waals surface area contributed by atoms with E-state index in [1.807, 2.05) is 98.8 Å². The number of carboxylic acid groups (broad SMARTS) is 1. The molecule has 45 heavy (non-hydrogen) atoms. The molecule has 7 nitrogen and oxygen atoms in total. The van der Waals surface area contributed by atoms with Gasteiger partial charge < -0.3 is 14.2 Å². The van der Waals surface area contributed by atoms with Crippen molar-refractivity contribution in [2.75, 3.05) is 6.54 Å². The van der Waals surface area contributed by atoms with Gasteiger partial charge in [0.2, 0.25) is 0 Å².